The van der Waals surface area contributed by atoms with E-state index in [9.17, 15) is 9.59 Å². The van der Waals surface area contributed by atoms with Gasteiger partial charge in [0.15, 0.2) is 17.3 Å². The van der Waals surface area contributed by atoms with Crippen molar-refractivity contribution in [1.82, 2.24) is 0 Å². The summed E-state index contributed by atoms with van der Waals surface area (Å²) in [6, 6.07) is 10.0. The van der Waals surface area contributed by atoms with E-state index < -0.39 is 5.97 Å². The number of ether oxygens (including phenoxy) is 4. The molecule has 0 fully saturated rings. The third-order valence-corrected chi connectivity index (χ3v) is 4.15. The first kappa shape index (κ1) is 19.5. The fourth-order valence-corrected chi connectivity index (χ4v) is 2.73. The third-order valence-electron chi connectivity index (χ3n) is 4.15. The number of esters is 1. The Morgan fingerprint density at radius 2 is 1.89 bits per heavy atom. The van der Waals surface area contributed by atoms with E-state index in [0.717, 1.165) is 5.56 Å². The molecule has 3 rings (SSSR count). The molecule has 0 amide bonds. The van der Waals surface area contributed by atoms with Crippen molar-refractivity contribution in [3.63, 3.8) is 0 Å². The Morgan fingerprint density at radius 3 is 2.57 bits per heavy atom. The molecule has 6 nitrogen and oxygen atoms in total. The predicted octanol–water partition coefficient (Wildman–Crippen LogP) is 4.13. The summed E-state index contributed by atoms with van der Waals surface area (Å²) >= 11 is 0. The third kappa shape index (κ3) is 4.01. The van der Waals surface area contributed by atoms with Crippen LogP contribution in [-0.4, -0.2) is 32.6 Å². The molecule has 1 aliphatic heterocycles. The van der Waals surface area contributed by atoms with Crippen molar-refractivity contribution in [2.45, 2.75) is 13.8 Å². The fourth-order valence-electron chi connectivity index (χ4n) is 2.73. The molecule has 6 heteroatoms. The molecule has 1 aliphatic rings. The van der Waals surface area contributed by atoms with Crippen LogP contribution in [0.4, 0.5) is 0 Å². The number of carbonyl (C=O) groups excluding carboxylic acids is 2. The molecule has 0 aliphatic carbocycles. The average Bonchev–Trinajstić information content (AvgIpc) is 3.01. The maximum absolute atomic E-state index is 12.7. The Morgan fingerprint density at radius 1 is 1.11 bits per heavy atom. The van der Waals surface area contributed by atoms with E-state index in [1.807, 2.05) is 6.07 Å². The predicted molar refractivity (Wildman–Crippen MR) is 104 cm³/mol. The first-order valence-corrected chi connectivity index (χ1v) is 8.90. The van der Waals surface area contributed by atoms with Gasteiger partial charge in [0.2, 0.25) is 5.78 Å². The van der Waals surface area contributed by atoms with Gasteiger partial charge in [0.1, 0.15) is 5.75 Å². The molecule has 0 saturated carbocycles. The van der Waals surface area contributed by atoms with E-state index in [0.29, 0.717) is 40.9 Å². The number of hydrogen-bond acceptors (Lipinski definition) is 6. The van der Waals surface area contributed by atoms with Crippen LogP contribution in [0.2, 0.25) is 0 Å². The van der Waals surface area contributed by atoms with Crippen LogP contribution >= 0.6 is 0 Å². The molecule has 146 valence electrons. The van der Waals surface area contributed by atoms with Crippen LogP contribution in [0.5, 0.6) is 17.2 Å². The highest BCUT2D eigenvalue weighted by molar-refractivity contribution is 6.15. The normalized spacial score (nSPS) is 14.0. The lowest BCUT2D eigenvalue weighted by Gasteiger charge is -2.13. The van der Waals surface area contributed by atoms with Crippen LogP contribution in [0.3, 0.4) is 0 Å². The molecule has 2 aromatic rings. The Kier molecular flexibility index (Phi) is 5.68. The molecule has 0 N–H and O–H groups in total. The minimum Gasteiger partial charge on any atom is -0.493 e. The summed E-state index contributed by atoms with van der Waals surface area (Å²) in [5, 5.41) is 0. The Bertz CT molecular complexity index is 942. The SMILES string of the molecule is COC(=O)c1ccc2c(c1)C(=O)/C(=C\c1ccc(OCC(C)C)c(OC)c1)O2. The van der Waals surface area contributed by atoms with Crippen LogP contribution in [0.1, 0.15) is 40.1 Å². The number of hydrogen-bond donors (Lipinski definition) is 0. The van der Waals surface area contributed by atoms with E-state index in [4.69, 9.17) is 18.9 Å². The van der Waals surface area contributed by atoms with Gasteiger partial charge < -0.3 is 18.9 Å². The minimum atomic E-state index is -0.505. The average molecular weight is 382 g/mol. The molecule has 28 heavy (non-hydrogen) atoms. The van der Waals surface area contributed by atoms with E-state index in [2.05, 4.69) is 13.8 Å². The summed E-state index contributed by atoms with van der Waals surface area (Å²) in [4.78, 5) is 24.3. The molecule has 0 atom stereocenters. The van der Waals surface area contributed by atoms with Gasteiger partial charge in [-0.25, -0.2) is 4.79 Å². The highest BCUT2D eigenvalue weighted by Gasteiger charge is 2.28. The maximum Gasteiger partial charge on any atom is 0.337 e. The summed E-state index contributed by atoms with van der Waals surface area (Å²) in [5.74, 6) is 1.40. The van der Waals surface area contributed by atoms with Crippen LogP contribution in [0.15, 0.2) is 42.2 Å². The summed E-state index contributed by atoms with van der Waals surface area (Å²) in [6.45, 7) is 4.71. The Labute approximate surface area is 163 Å². The lowest BCUT2D eigenvalue weighted by Crippen LogP contribution is -2.05. The highest BCUT2D eigenvalue weighted by atomic mass is 16.5. The van der Waals surface area contributed by atoms with Crippen molar-refractivity contribution in [1.29, 1.82) is 0 Å². The van der Waals surface area contributed by atoms with Gasteiger partial charge in [-0.05, 0) is 47.9 Å². The molecule has 0 saturated heterocycles. The molecule has 0 spiro atoms. The van der Waals surface area contributed by atoms with Crippen molar-refractivity contribution < 1.29 is 28.5 Å². The molecule has 1 heterocycles. The Balaban J connectivity index is 1.85. The van der Waals surface area contributed by atoms with Gasteiger partial charge in [0.25, 0.3) is 0 Å². The standard InChI is InChI=1S/C22H22O6/c1-13(2)12-27-18-7-5-14(9-19(18)25-3)10-20-21(23)16-11-15(22(24)26-4)6-8-17(16)28-20/h5-11,13H,12H2,1-4H3/b20-10+. The van der Waals surface area contributed by atoms with Crippen molar-refractivity contribution in [2.75, 3.05) is 20.8 Å². The number of allylic oxidation sites excluding steroid dienone is 1. The first-order chi connectivity index (χ1) is 13.4. The van der Waals surface area contributed by atoms with Crippen LogP contribution in [-0.2, 0) is 4.74 Å². The highest BCUT2D eigenvalue weighted by Crippen LogP contribution is 2.34. The van der Waals surface area contributed by atoms with Gasteiger partial charge in [-0.15, -0.1) is 0 Å². The molecule has 0 aromatic heterocycles. The summed E-state index contributed by atoms with van der Waals surface area (Å²) in [5.41, 5.74) is 1.36. The number of benzene rings is 2. The minimum absolute atomic E-state index is 0.176. The zero-order valence-electron chi connectivity index (χ0n) is 16.3. The zero-order valence-corrected chi connectivity index (χ0v) is 16.3. The summed E-state index contributed by atoms with van der Waals surface area (Å²) in [7, 11) is 2.86. The molecular weight excluding hydrogens is 360 g/mol. The second-order valence-electron chi connectivity index (χ2n) is 6.76. The van der Waals surface area contributed by atoms with E-state index >= 15 is 0 Å². The second-order valence-corrected chi connectivity index (χ2v) is 6.76. The smallest absolute Gasteiger partial charge is 0.337 e. The van der Waals surface area contributed by atoms with Crippen molar-refractivity contribution in [2.24, 2.45) is 5.92 Å². The lowest BCUT2D eigenvalue weighted by atomic mass is 10.1. The number of rotatable bonds is 6. The lowest BCUT2D eigenvalue weighted by molar-refractivity contribution is 0.0600. The largest absolute Gasteiger partial charge is 0.493 e. The van der Waals surface area contributed by atoms with Gasteiger partial charge in [-0.1, -0.05) is 19.9 Å². The summed E-state index contributed by atoms with van der Waals surface area (Å²) < 4.78 is 21.5. The molecule has 0 bridgehead atoms. The van der Waals surface area contributed by atoms with Crippen molar-refractivity contribution in [3.8, 4) is 17.2 Å². The number of fused-ring (bicyclic) bond motifs is 1. The zero-order chi connectivity index (χ0) is 20.3. The fraction of sp³-hybridized carbons (Fsp3) is 0.273. The molecule has 0 unspecified atom stereocenters. The number of ketones is 1. The van der Waals surface area contributed by atoms with Crippen LogP contribution in [0.25, 0.3) is 6.08 Å². The van der Waals surface area contributed by atoms with Crippen LogP contribution in [0, 0.1) is 5.92 Å². The maximum atomic E-state index is 12.7. The van der Waals surface area contributed by atoms with E-state index in [1.165, 1.54) is 13.2 Å². The van der Waals surface area contributed by atoms with Gasteiger partial charge in [0, 0.05) is 0 Å². The monoisotopic (exact) mass is 382 g/mol. The summed E-state index contributed by atoms with van der Waals surface area (Å²) in [6.07, 6.45) is 1.63. The second kappa shape index (κ2) is 8.17. The molecule has 0 radical (unpaired) electrons. The van der Waals surface area contributed by atoms with Gasteiger partial charge in [-0.3, -0.25) is 4.79 Å². The van der Waals surface area contributed by atoms with Crippen molar-refractivity contribution >= 4 is 17.8 Å². The first-order valence-electron chi connectivity index (χ1n) is 8.90. The van der Waals surface area contributed by atoms with Gasteiger partial charge >= 0.3 is 5.97 Å². The molecular formula is C22H22O6. The quantitative estimate of drug-likeness (QED) is 0.553. The number of Topliss-reactive ketones (excluding diaryl/α,β-unsaturated/α-hetero) is 1. The number of methoxy groups -OCH3 is 2. The van der Waals surface area contributed by atoms with Gasteiger partial charge in [0.05, 0.1) is 32.0 Å². The van der Waals surface area contributed by atoms with Gasteiger partial charge in [-0.2, -0.15) is 0 Å². The number of carbonyl (C=O) groups is 2. The van der Waals surface area contributed by atoms with E-state index in [-0.39, 0.29) is 11.5 Å². The molecule has 2 aromatic carbocycles. The topological polar surface area (TPSA) is 71.1 Å². The van der Waals surface area contributed by atoms with Crippen LogP contribution < -0.4 is 14.2 Å². The Hall–Kier alpha value is -3.28. The van der Waals surface area contributed by atoms with E-state index in [1.54, 1.807) is 37.5 Å². The van der Waals surface area contributed by atoms with Crippen molar-refractivity contribution in [3.05, 3.63) is 58.8 Å².